The number of hydrogen-bond donors (Lipinski definition) is 1. The molecule has 0 radical (unpaired) electrons. The third kappa shape index (κ3) is 4.61. The van der Waals surface area contributed by atoms with Crippen LogP contribution in [-0.2, 0) is 12.8 Å². The Morgan fingerprint density at radius 1 is 1.05 bits per heavy atom. The maximum absolute atomic E-state index is 6.02. The SMILES string of the molecule is CCCc1ccc(Oc2cc(CC(C)N)ccc2C)cc1. The van der Waals surface area contributed by atoms with E-state index in [1.165, 1.54) is 17.5 Å². The Labute approximate surface area is 127 Å². The second kappa shape index (κ2) is 7.28. The zero-order valence-corrected chi connectivity index (χ0v) is 13.2. The molecule has 0 aliphatic carbocycles. The van der Waals surface area contributed by atoms with Gasteiger partial charge in [-0.05, 0) is 61.6 Å². The lowest BCUT2D eigenvalue weighted by molar-refractivity contribution is 0.477. The van der Waals surface area contributed by atoms with Crippen molar-refractivity contribution in [2.24, 2.45) is 5.73 Å². The highest BCUT2D eigenvalue weighted by Gasteiger charge is 2.05. The van der Waals surface area contributed by atoms with Crippen LogP contribution in [0, 0.1) is 6.92 Å². The Bertz CT molecular complexity index is 573. The molecule has 0 heterocycles. The highest BCUT2D eigenvalue weighted by atomic mass is 16.5. The smallest absolute Gasteiger partial charge is 0.130 e. The molecule has 2 heteroatoms. The maximum Gasteiger partial charge on any atom is 0.130 e. The summed E-state index contributed by atoms with van der Waals surface area (Å²) < 4.78 is 6.02. The van der Waals surface area contributed by atoms with Crippen LogP contribution in [0.5, 0.6) is 11.5 Å². The fourth-order valence-electron chi connectivity index (χ4n) is 2.39. The zero-order valence-electron chi connectivity index (χ0n) is 13.2. The van der Waals surface area contributed by atoms with E-state index in [1.54, 1.807) is 0 Å². The number of benzene rings is 2. The predicted octanol–water partition coefficient (Wildman–Crippen LogP) is 4.63. The zero-order chi connectivity index (χ0) is 15.2. The fourth-order valence-corrected chi connectivity index (χ4v) is 2.39. The van der Waals surface area contributed by atoms with Crippen molar-refractivity contribution in [2.75, 3.05) is 0 Å². The molecule has 0 saturated carbocycles. The number of rotatable bonds is 6. The second-order valence-electron chi connectivity index (χ2n) is 5.78. The van der Waals surface area contributed by atoms with Gasteiger partial charge < -0.3 is 10.5 Å². The molecule has 21 heavy (non-hydrogen) atoms. The third-order valence-corrected chi connectivity index (χ3v) is 3.50. The van der Waals surface area contributed by atoms with Crippen LogP contribution in [-0.4, -0.2) is 6.04 Å². The van der Waals surface area contributed by atoms with Crippen molar-refractivity contribution in [3.8, 4) is 11.5 Å². The van der Waals surface area contributed by atoms with Crippen LogP contribution in [0.25, 0.3) is 0 Å². The van der Waals surface area contributed by atoms with Crippen molar-refractivity contribution in [3.05, 3.63) is 59.2 Å². The van der Waals surface area contributed by atoms with E-state index in [0.717, 1.165) is 29.9 Å². The largest absolute Gasteiger partial charge is 0.457 e. The van der Waals surface area contributed by atoms with Gasteiger partial charge in [-0.1, -0.05) is 37.6 Å². The summed E-state index contributed by atoms with van der Waals surface area (Å²) in [5.41, 5.74) is 9.58. The van der Waals surface area contributed by atoms with Crippen molar-refractivity contribution in [1.29, 1.82) is 0 Å². The van der Waals surface area contributed by atoms with Crippen LogP contribution in [0.4, 0.5) is 0 Å². The summed E-state index contributed by atoms with van der Waals surface area (Å²) in [4.78, 5) is 0. The van der Waals surface area contributed by atoms with Crippen LogP contribution in [0.2, 0.25) is 0 Å². The molecular formula is C19H25NO. The lowest BCUT2D eigenvalue weighted by Gasteiger charge is -2.12. The minimum Gasteiger partial charge on any atom is -0.457 e. The van der Waals surface area contributed by atoms with Crippen molar-refractivity contribution < 1.29 is 4.74 Å². The van der Waals surface area contributed by atoms with Crippen LogP contribution in [0.3, 0.4) is 0 Å². The van der Waals surface area contributed by atoms with Crippen molar-refractivity contribution in [2.45, 2.75) is 46.1 Å². The molecule has 0 saturated heterocycles. The summed E-state index contributed by atoms with van der Waals surface area (Å²) >= 11 is 0. The monoisotopic (exact) mass is 283 g/mol. The van der Waals surface area contributed by atoms with E-state index in [0.29, 0.717) is 0 Å². The highest BCUT2D eigenvalue weighted by Crippen LogP contribution is 2.27. The van der Waals surface area contributed by atoms with Crippen molar-refractivity contribution in [1.82, 2.24) is 0 Å². The van der Waals surface area contributed by atoms with Crippen LogP contribution >= 0.6 is 0 Å². The molecule has 0 fully saturated rings. The molecule has 0 amide bonds. The Kier molecular flexibility index (Phi) is 5.40. The van der Waals surface area contributed by atoms with E-state index in [2.05, 4.69) is 44.2 Å². The fraction of sp³-hybridized carbons (Fsp3) is 0.368. The van der Waals surface area contributed by atoms with E-state index >= 15 is 0 Å². The molecule has 2 nitrogen and oxygen atoms in total. The summed E-state index contributed by atoms with van der Waals surface area (Å²) in [7, 11) is 0. The number of hydrogen-bond acceptors (Lipinski definition) is 2. The van der Waals surface area contributed by atoms with Crippen molar-refractivity contribution >= 4 is 0 Å². The summed E-state index contributed by atoms with van der Waals surface area (Å²) in [6.45, 7) is 6.28. The molecule has 0 bridgehead atoms. The lowest BCUT2D eigenvalue weighted by Crippen LogP contribution is -2.17. The first-order chi connectivity index (χ1) is 10.1. The van der Waals surface area contributed by atoms with Crippen LogP contribution < -0.4 is 10.5 Å². The van der Waals surface area contributed by atoms with Gasteiger partial charge in [0.05, 0.1) is 0 Å². The first-order valence-corrected chi connectivity index (χ1v) is 7.70. The van der Waals surface area contributed by atoms with Crippen molar-refractivity contribution in [3.63, 3.8) is 0 Å². The standard InChI is InChI=1S/C19H25NO/c1-4-5-16-8-10-18(11-9-16)21-19-13-17(12-15(3)20)7-6-14(19)2/h6-11,13,15H,4-5,12,20H2,1-3H3. The van der Waals surface area contributed by atoms with E-state index < -0.39 is 0 Å². The summed E-state index contributed by atoms with van der Waals surface area (Å²) in [6.07, 6.45) is 3.15. The van der Waals surface area contributed by atoms with E-state index in [4.69, 9.17) is 10.5 Å². The quantitative estimate of drug-likeness (QED) is 0.839. The second-order valence-corrected chi connectivity index (χ2v) is 5.78. The molecule has 1 unspecified atom stereocenters. The van der Waals surface area contributed by atoms with Crippen LogP contribution in [0.1, 0.15) is 37.0 Å². The van der Waals surface area contributed by atoms with Gasteiger partial charge in [0.15, 0.2) is 0 Å². The molecule has 2 rings (SSSR count). The van der Waals surface area contributed by atoms with E-state index in [1.807, 2.05) is 19.1 Å². The molecule has 0 aromatic heterocycles. The molecule has 112 valence electrons. The first-order valence-electron chi connectivity index (χ1n) is 7.70. The Balaban J connectivity index is 2.14. The molecule has 2 aromatic carbocycles. The molecule has 0 aliphatic rings. The van der Waals surface area contributed by atoms with Gasteiger partial charge in [0, 0.05) is 6.04 Å². The van der Waals surface area contributed by atoms with Gasteiger partial charge in [-0.15, -0.1) is 0 Å². The van der Waals surface area contributed by atoms with Gasteiger partial charge in [-0.2, -0.15) is 0 Å². The van der Waals surface area contributed by atoms with Gasteiger partial charge in [0.25, 0.3) is 0 Å². The summed E-state index contributed by atoms with van der Waals surface area (Å²) in [5, 5.41) is 0. The average Bonchev–Trinajstić information content (AvgIpc) is 2.44. The van der Waals surface area contributed by atoms with E-state index in [-0.39, 0.29) is 6.04 Å². The molecule has 0 aliphatic heterocycles. The molecule has 0 spiro atoms. The average molecular weight is 283 g/mol. The highest BCUT2D eigenvalue weighted by molar-refractivity contribution is 5.40. The lowest BCUT2D eigenvalue weighted by atomic mass is 10.1. The van der Waals surface area contributed by atoms with Gasteiger partial charge in [0.1, 0.15) is 11.5 Å². The maximum atomic E-state index is 6.02. The number of ether oxygens (including phenoxy) is 1. The minimum atomic E-state index is 0.161. The van der Waals surface area contributed by atoms with Gasteiger partial charge in [-0.25, -0.2) is 0 Å². The molecule has 2 aromatic rings. The Morgan fingerprint density at radius 2 is 1.71 bits per heavy atom. The van der Waals surface area contributed by atoms with Gasteiger partial charge in [-0.3, -0.25) is 0 Å². The molecule has 2 N–H and O–H groups in total. The number of aryl methyl sites for hydroxylation is 2. The number of nitrogens with two attached hydrogens (primary N) is 1. The van der Waals surface area contributed by atoms with Gasteiger partial charge >= 0.3 is 0 Å². The molecular weight excluding hydrogens is 258 g/mol. The predicted molar refractivity (Wildman–Crippen MR) is 89.0 cm³/mol. The minimum absolute atomic E-state index is 0.161. The molecule has 1 atom stereocenters. The summed E-state index contributed by atoms with van der Waals surface area (Å²) in [6, 6.07) is 14.8. The third-order valence-electron chi connectivity index (χ3n) is 3.50. The Morgan fingerprint density at radius 3 is 2.33 bits per heavy atom. The van der Waals surface area contributed by atoms with E-state index in [9.17, 15) is 0 Å². The summed E-state index contributed by atoms with van der Waals surface area (Å²) in [5.74, 6) is 1.80. The van der Waals surface area contributed by atoms with Crippen LogP contribution in [0.15, 0.2) is 42.5 Å². The topological polar surface area (TPSA) is 35.2 Å². The first kappa shape index (κ1) is 15.6. The Hall–Kier alpha value is -1.80. The normalized spacial score (nSPS) is 12.2. The van der Waals surface area contributed by atoms with Gasteiger partial charge in [0.2, 0.25) is 0 Å².